The fraction of sp³-hybridized carbons (Fsp3) is 0.231. The summed E-state index contributed by atoms with van der Waals surface area (Å²) in [6.45, 7) is 3.02. The zero-order valence-electron chi connectivity index (χ0n) is 17.8. The Morgan fingerprint density at radius 3 is 2.42 bits per heavy atom. The van der Waals surface area contributed by atoms with Crippen LogP contribution >= 0.6 is 0 Å². The standard InChI is InChI=1S/C26H26N2O3/c1-19-8-10-21(11-9-19)25-16-24(31-27-25)18-28(17-20-6-4-3-5-7-20)26(29)22-12-14-23(30-2)15-13-22/h3-15,24H,16-18H2,1-2H3. The Bertz CT molecular complexity index is 1040. The summed E-state index contributed by atoms with van der Waals surface area (Å²) in [6, 6.07) is 25.4. The zero-order chi connectivity index (χ0) is 21.6. The molecule has 0 aliphatic carbocycles. The van der Waals surface area contributed by atoms with Gasteiger partial charge in [-0.2, -0.15) is 0 Å². The van der Waals surface area contributed by atoms with Crippen molar-refractivity contribution in [3.05, 3.63) is 101 Å². The lowest BCUT2D eigenvalue weighted by Crippen LogP contribution is -2.37. The van der Waals surface area contributed by atoms with Crippen LogP contribution < -0.4 is 4.74 Å². The summed E-state index contributed by atoms with van der Waals surface area (Å²) in [5.41, 5.74) is 4.88. The molecule has 0 saturated heterocycles. The van der Waals surface area contributed by atoms with E-state index in [1.165, 1.54) is 5.56 Å². The molecule has 1 amide bonds. The van der Waals surface area contributed by atoms with Gasteiger partial charge in [0.2, 0.25) is 0 Å². The fourth-order valence-electron chi connectivity index (χ4n) is 3.63. The molecule has 31 heavy (non-hydrogen) atoms. The van der Waals surface area contributed by atoms with E-state index in [1.807, 2.05) is 35.2 Å². The normalized spacial score (nSPS) is 15.2. The van der Waals surface area contributed by atoms with Crippen molar-refractivity contribution in [2.75, 3.05) is 13.7 Å². The maximum atomic E-state index is 13.3. The minimum atomic E-state index is -0.179. The Labute approximate surface area is 182 Å². The highest BCUT2D eigenvalue weighted by Gasteiger charge is 2.27. The number of oxime groups is 1. The molecule has 1 aliphatic heterocycles. The topological polar surface area (TPSA) is 51.1 Å². The number of methoxy groups -OCH3 is 1. The second-order valence-electron chi connectivity index (χ2n) is 7.74. The van der Waals surface area contributed by atoms with Gasteiger partial charge in [0.15, 0.2) is 6.10 Å². The maximum Gasteiger partial charge on any atom is 0.254 e. The first kappa shape index (κ1) is 20.7. The molecule has 158 valence electrons. The van der Waals surface area contributed by atoms with E-state index in [0.717, 1.165) is 22.6 Å². The van der Waals surface area contributed by atoms with Crippen LogP contribution in [0.3, 0.4) is 0 Å². The number of aryl methyl sites for hydroxylation is 1. The summed E-state index contributed by atoms with van der Waals surface area (Å²) in [5, 5.41) is 4.29. The number of amides is 1. The molecule has 1 aliphatic rings. The van der Waals surface area contributed by atoms with E-state index < -0.39 is 0 Å². The van der Waals surface area contributed by atoms with Crippen molar-refractivity contribution in [1.29, 1.82) is 0 Å². The van der Waals surface area contributed by atoms with E-state index in [-0.39, 0.29) is 12.0 Å². The van der Waals surface area contributed by atoms with E-state index in [1.54, 1.807) is 31.4 Å². The summed E-state index contributed by atoms with van der Waals surface area (Å²) in [7, 11) is 1.61. The summed E-state index contributed by atoms with van der Waals surface area (Å²) in [5.74, 6) is 0.681. The van der Waals surface area contributed by atoms with E-state index in [4.69, 9.17) is 9.57 Å². The molecule has 0 fully saturated rings. The molecule has 0 N–H and O–H groups in total. The molecule has 0 aromatic heterocycles. The Morgan fingerprint density at radius 2 is 1.74 bits per heavy atom. The number of ether oxygens (including phenoxy) is 1. The zero-order valence-corrected chi connectivity index (χ0v) is 17.8. The van der Waals surface area contributed by atoms with E-state index in [9.17, 15) is 4.79 Å². The van der Waals surface area contributed by atoms with Crippen molar-refractivity contribution in [3.8, 4) is 5.75 Å². The van der Waals surface area contributed by atoms with Crippen molar-refractivity contribution in [2.24, 2.45) is 5.16 Å². The van der Waals surface area contributed by atoms with Crippen LogP contribution in [0.5, 0.6) is 5.75 Å². The largest absolute Gasteiger partial charge is 0.497 e. The Hall–Kier alpha value is -3.60. The fourth-order valence-corrected chi connectivity index (χ4v) is 3.63. The van der Waals surface area contributed by atoms with Gasteiger partial charge in [-0.15, -0.1) is 0 Å². The van der Waals surface area contributed by atoms with Gasteiger partial charge in [0.25, 0.3) is 5.91 Å². The predicted molar refractivity (Wildman–Crippen MR) is 121 cm³/mol. The number of hydrogen-bond acceptors (Lipinski definition) is 4. The number of carbonyl (C=O) groups is 1. The SMILES string of the molecule is COc1ccc(C(=O)N(Cc2ccccc2)CC2CC(c3ccc(C)cc3)=NO2)cc1. The van der Waals surface area contributed by atoms with E-state index in [2.05, 4.69) is 36.3 Å². The molecule has 0 saturated carbocycles. The van der Waals surface area contributed by atoms with Crippen molar-refractivity contribution < 1.29 is 14.4 Å². The van der Waals surface area contributed by atoms with Gasteiger partial charge in [-0.25, -0.2) is 0 Å². The summed E-state index contributed by atoms with van der Waals surface area (Å²) >= 11 is 0. The highest BCUT2D eigenvalue weighted by atomic mass is 16.6. The lowest BCUT2D eigenvalue weighted by Gasteiger charge is -2.25. The Balaban J connectivity index is 1.49. The molecule has 1 atom stereocenters. The molecule has 5 nitrogen and oxygen atoms in total. The Kier molecular flexibility index (Phi) is 6.32. The van der Waals surface area contributed by atoms with Crippen LogP contribution in [-0.2, 0) is 11.4 Å². The second-order valence-corrected chi connectivity index (χ2v) is 7.74. The summed E-state index contributed by atoms with van der Waals surface area (Å²) < 4.78 is 5.21. The molecule has 3 aromatic rings. The van der Waals surface area contributed by atoms with E-state index in [0.29, 0.717) is 25.1 Å². The minimum Gasteiger partial charge on any atom is -0.497 e. The highest BCUT2D eigenvalue weighted by Crippen LogP contribution is 2.21. The predicted octanol–water partition coefficient (Wildman–Crippen LogP) is 4.84. The average Bonchev–Trinajstić information content (AvgIpc) is 3.28. The number of benzene rings is 3. The maximum absolute atomic E-state index is 13.3. The monoisotopic (exact) mass is 414 g/mol. The van der Waals surface area contributed by atoms with Crippen molar-refractivity contribution >= 4 is 11.6 Å². The third kappa shape index (κ3) is 5.12. The first-order valence-electron chi connectivity index (χ1n) is 10.4. The van der Waals surface area contributed by atoms with Crippen LogP contribution in [0.15, 0.2) is 84.0 Å². The van der Waals surface area contributed by atoms with Crippen molar-refractivity contribution in [2.45, 2.75) is 26.0 Å². The lowest BCUT2D eigenvalue weighted by atomic mass is 10.0. The van der Waals surface area contributed by atoms with E-state index >= 15 is 0 Å². The summed E-state index contributed by atoms with van der Waals surface area (Å²) in [4.78, 5) is 20.9. The average molecular weight is 415 g/mol. The van der Waals surface area contributed by atoms with Gasteiger partial charge < -0.3 is 14.5 Å². The third-order valence-electron chi connectivity index (χ3n) is 5.38. The van der Waals surface area contributed by atoms with Crippen LogP contribution in [0.2, 0.25) is 0 Å². The highest BCUT2D eigenvalue weighted by molar-refractivity contribution is 6.01. The molecule has 5 heteroatoms. The Morgan fingerprint density at radius 1 is 1.03 bits per heavy atom. The molecule has 3 aromatic carbocycles. The van der Waals surface area contributed by atoms with Gasteiger partial charge in [0.1, 0.15) is 5.75 Å². The number of nitrogens with zero attached hydrogens (tertiary/aromatic N) is 2. The van der Waals surface area contributed by atoms with Gasteiger partial charge in [-0.1, -0.05) is 65.3 Å². The van der Waals surface area contributed by atoms with Gasteiger partial charge >= 0.3 is 0 Å². The molecular formula is C26H26N2O3. The van der Waals surface area contributed by atoms with Crippen LogP contribution in [0.25, 0.3) is 0 Å². The molecule has 1 heterocycles. The molecule has 4 rings (SSSR count). The van der Waals surface area contributed by atoms with Gasteiger partial charge in [-0.3, -0.25) is 4.79 Å². The quantitative estimate of drug-likeness (QED) is 0.556. The molecule has 1 unspecified atom stereocenters. The molecule has 0 radical (unpaired) electrons. The minimum absolute atomic E-state index is 0.0427. The number of hydrogen-bond donors (Lipinski definition) is 0. The third-order valence-corrected chi connectivity index (χ3v) is 5.38. The van der Waals surface area contributed by atoms with Crippen LogP contribution in [0.4, 0.5) is 0 Å². The molecular weight excluding hydrogens is 388 g/mol. The molecule has 0 bridgehead atoms. The molecule has 0 spiro atoms. The summed E-state index contributed by atoms with van der Waals surface area (Å²) in [6.07, 6.45) is 0.492. The van der Waals surface area contributed by atoms with Crippen molar-refractivity contribution in [3.63, 3.8) is 0 Å². The van der Waals surface area contributed by atoms with Gasteiger partial charge in [0, 0.05) is 18.5 Å². The smallest absolute Gasteiger partial charge is 0.254 e. The first-order valence-corrected chi connectivity index (χ1v) is 10.4. The van der Waals surface area contributed by atoms with Gasteiger partial charge in [-0.05, 0) is 42.3 Å². The van der Waals surface area contributed by atoms with Crippen LogP contribution in [-0.4, -0.2) is 36.3 Å². The first-order chi connectivity index (χ1) is 15.1. The number of carbonyl (C=O) groups excluding carboxylic acids is 1. The van der Waals surface area contributed by atoms with Crippen LogP contribution in [0, 0.1) is 6.92 Å². The van der Waals surface area contributed by atoms with Crippen LogP contribution in [0.1, 0.15) is 33.5 Å². The number of rotatable bonds is 7. The van der Waals surface area contributed by atoms with Crippen molar-refractivity contribution in [1.82, 2.24) is 4.90 Å². The van der Waals surface area contributed by atoms with Gasteiger partial charge in [0.05, 0.1) is 19.4 Å². The lowest BCUT2D eigenvalue weighted by molar-refractivity contribution is 0.0405. The second kappa shape index (κ2) is 9.47.